The van der Waals surface area contributed by atoms with E-state index in [2.05, 4.69) is 10.6 Å². The van der Waals surface area contributed by atoms with Crippen LogP contribution in [0.15, 0.2) is 53.4 Å². The number of thioether (sulfide) groups is 1. The van der Waals surface area contributed by atoms with Crippen LogP contribution in [0.25, 0.3) is 0 Å². The molecule has 120 valence electrons. The highest BCUT2D eigenvalue weighted by atomic mass is 32.2. The first-order chi connectivity index (χ1) is 11.1. The van der Waals surface area contributed by atoms with Gasteiger partial charge in [0.1, 0.15) is 11.6 Å². The summed E-state index contributed by atoms with van der Waals surface area (Å²) >= 11 is 1.24. The molecule has 0 atom stereocenters. The van der Waals surface area contributed by atoms with E-state index < -0.39 is 17.6 Å². The number of benzene rings is 2. The van der Waals surface area contributed by atoms with Crippen LogP contribution < -0.4 is 10.6 Å². The van der Waals surface area contributed by atoms with Crippen LogP contribution in [-0.4, -0.2) is 24.1 Å². The van der Waals surface area contributed by atoms with Crippen molar-refractivity contribution in [3.8, 4) is 0 Å². The summed E-state index contributed by atoms with van der Waals surface area (Å²) in [4.78, 5) is 23.7. The normalized spacial score (nSPS) is 10.2. The van der Waals surface area contributed by atoms with Gasteiger partial charge < -0.3 is 10.6 Å². The molecule has 2 aromatic carbocycles. The van der Waals surface area contributed by atoms with Gasteiger partial charge in [-0.25, -0.2) is 8.78 Å². The van der Waals surface area contributed by atoms with Crippen molar-refractivity contribution in [3.63, 3.8) is 0 Å². The molecule has 2 rings (SSSR count). The van der Waals surface area contributed by atoms with E-state index in [0.717, 1.165) is 6.07 Å². The second kappa shape index (κ2) is 8.28. The summed E-state index contributed by atoms with van der Waals surface area (Å²) in [6.45, 7) is 0.203. The van der Waals surface area contributed by atoms with Crippen molar-refractivity contribution in [3.05, 3.63) is 60.2 Å². The molecule has 7 heteroatoms. The molecule has 0 heterocycles. The Labute approximate surface area is 136 Å². The zero-order chi connectivity index (χ0) is 16.7. The van der Waals surface area contributed by atoms with E-state index in [4.69, 9.17) is 0 Å². The fraction of sp³-hybridized carbons (Fsp3) is 0.125. The van der Waals surface area contributed by atoms with Crippen molar-refractivity contribution in [2.45, 2.75) is 4.90 Å². The summed E-state index contributed by atoms with van der Waals surface area (Å²) in [5.74, 6) is -2.13. The molecule has 2 N–H and O–H groups in total. The summed E-state index contributed by atoms with van der Waals surface area (Å²) in [5, 5.41) is 4.71. The molecule has 2 aromatic rings. The smallest absolute Gasteiger partial charge is 0.313 e. The SMILES string of the molecule is O=C(NCCSc1ccccc1F)C(=O)Nc1cccc(F)c1. The van der Waals surface area contributed by atoms with Crippen LogP contribution in [0.1, 0.15) is 0 Å². The number of carbonyl (C=O) groups excluding carboxylic acids is 2. The standard InChI is InChI=1S/C16H14F2N2O2S/c17-11-4-3-5-12(10-11)20-16(22)15(21)19-8-9-23-14-7-2-1-6-13(14)18/h1-7,10H,8-9H2,(H,19,21)(H,20,22). The lowest BCUT2D eigenvalue weighted by Crippen LogP contribution is -2.36. The minimum Gasteiger partial charge on any atom is -0.347 e. The molecule has 0 spiro atoms. The lowest BCUT2D eigenvalue weighted by atomic mass is 10.3. The average Bonchev–Trinajstić information content (AvgIpc) is 2.53. The van der Waals surface area contributed by atoms with Crippen LogP contribution in [0.3, 0.4) is 0 Å². The highest BCUT2D eigenvalue weighted by molar-refractivity contribution is 7.99. The van der Waals surface area contributed by atoms with E-state index in [9.17, 15) is 18.4 Å². The van der Waals surface area contributed by atoms with Crippen molar-refractivity contribution in [1.29, 1.82) is 0 Å². The van der Waals surface area contributed by atoms with Gasteiger partial charge in [-0.1, -0.05) is 18.2 Å². The summed E-state index contributed by atoms with van der Waals surface area (Å²) in [5.41, 5.74) is 0.200. The minimum atomic E-state index is -0.883. The van der Waals surface area contributed by atoms with E-state index in [1.54, 1.807) is 18.2 Å². The van der Waals surface area contributed by atoms with Crippen LogP contribution in [0.2, 0.25) is 0 Å². The number of nitrogens with one attached hydrogen (secondary N) is 2. The predicted octanol–water partition coefficient (Wildman–Crippen LogP) is 2.81. The molecule has 0 radical (unpaired) electrons. The molecular weight excluding hydrogens is 322 g/mol. The summed E-state index contributed by atoms with van der Waals surface area (Å²) in [7, 11) is 0. The highest BCUT2D eigenvalue weighted by Crippen LogP contribution is 2.20. The maximum atomic E-state index is 13.4. The minimum absolute atomic E-state index is 0.200. The first kappa shape index (κ1) is 17.0. The molecule has 0 saturated heterocycles. The number of anilines is 1. The van der Waals surface area contributed by atoms with Gasteiger partial charge in [-0.3, -0.25) is 9.59 Å². The third-order valence-corrected chi connectivity index (χ3v) is 3.82. The third kappa shape index (κ3) is 5.37. The van der Waals surface area contributed by atoms with E-state index in [-0.39, 0.29) is 18.0 Å². The number of hydrogen-bond acceptors (Lipinski definition) is 3. The number of rotatable bonds is 5. The third-order valence-electron chi connectivity index (χ3n) is 2.77. The van der Waals surface area contributed by atoms with E-state index in [0.29, 0.717) is 10.6 Å². The Bertz CT molecular complexity index is 710. The fourth-order valence-electron chi connectivity index (χ4n) is 1.72. The molecule has 0 aliphatic heterocycles. The van der Waals surface area contributed by atoms with Gasteiger partial charge in [0.25, 0.3) is 0 Å². The van der Waals surface area contributed by atoms with Crippen molar-refractivity contribution in [1.82, 2.24) is 5.32 Å². The summed E-state index contributed by atoms with van der Waals surface area (Å²) in [6, 6.07) is 11.5. The van der Waals surface area contributed by atoms with Gasteiger partial charge in [0, 0.05) is 22.9 Å². The van der Waals surface area contributed by atoms with Gasteiger partial charge in [-0.2, -0.15) is 0 Å². The van der Waals surface area contributed by atoms with Gasteiger partial charge in [-0.05, 0) is 30.3 Å². The van der Waals surface area contributed by atoms with Crippen LogP contribution >= 0.6 is 11.8 Å². The van der Waals surface area contributed by atoms with Crippen molar-refractivity contribution in [2.75, 3.05) is 17.6 Å². The van der Waals surface area contributed by atoms with Gasteiger partial charge in [0.05, 0.1) is 0 Å². The second-order valence-electron chi connectivity index (χ2n) is 4.50. The first-order valence-corrected chi connectivity index (χ1v) is 7.77. The average molecular weight is 336 g/mol. The number of hydrogen-bond donors (Lipinski definition) is 2. The van der Waals surface area contributed by atoms with Crippen LogP contribution in [-0.2, 0) is 9.59 Å². The summed E-state index contributed by atoms with van der Waals surface area (Å²) < 4.78 is 26.4. The van der Waals surface area contributed by atoms with Gasteiger partial charge in [-0.15, -0.1) is 11.8 Å². The first-order valence-electron chi connectivity index (χ1n) is 6.78. The van der Waals surface area contributed by atoms with Crippen molar-refractivity contribution >= 4 is 29.3 Å². The Morgan fingerprint density at radius 3 is 2.52 bits per heavy atom. The molecule has 0 aromatic heterocycles. The predicted molar refractivity (Wildman–Crippen MR) is 85.2 cm³/mol. The van der Waals surface area contributed by atoms with Crippen molar-refractivity contribution < 1.29 is 18.4 Å². The number of amides is 2. The van der Waals surface area contributed by atoms with Gasteiger partial charge in [0.15, 0.2) is 0 Å². The number of halogens is 2. The lowest BCUT2D eigenvalue weighted by molar-refractivity contribution is -0.136. The molecule has 0 saturated carbocycles. The second-order valence-corrected chi connectivity index (χ2v) is 5.64. The maximum absolute atomic E-state index is 13.4. The van der Waals surface area contributed by atoms with E-state index in [1.807, 2.05) is 0 Å². The van der Waals surface area contributed by atoms with Crippen LogP contribution in [0.5, 0.6) is 0 Å². The molecular formula is C16H14F2N2O2S. The molecule has 2 amide bonds. The van der Waals surface area contributed by atoms with Gasteiger partial charge >= 0.3 is 11.8 Å². The Morgan fingerprint density at radius 1 is 1.00 bits per heavy atom. The maximum Gasteiger partial charge on any atom is 0.313 e. The largest absolute Gasteiger partial charge is 0.347 e. The fourth-order valence-corrected chi connectivity index (χ4v) is 2.53. The topological polar surface area (TPSA) is 58.2 Å². The molecule has 23 heavy (non-hydrogen) atoms. The lowest BCUT2D eigenvalue weighted by Gasteiger charge is -2.07. The molecule has 0 aliphatic rings. The monoisotopic (exact) mass is 336 g/mol. The molecule has 0 aliphatic carbocycles. The highest BCUT2D eigenvalue weighted by Gasteiger charge is 2.13. The summed E-state index contributed by atoms with van der Waals surface area (Å²) in [6.07, 6.45) is 0. The Hall–Kier alpha value is -2.41. The zero-order valence-corrected chi connectivity index (χ0v) is 12.8. The van der Waals surface area contributed by atoms with Crippen LogP contribution in [0, 0.1) is 11.6 Å². The molecule has 0 unspecified atom stereocenters. The molecule has 0 bridgehead atoms. The molecule has 0 fully saturated rings. The Morgan fingerprint density at radius 2 is 1.78 bits per heavy atom. The number of carbonyl (C=O) groups is 2. The van der Waals surface area contributed by atoms with E-state index in [1.165, 1.54) is 36.0 Å². The quantitative estimate of drug-likeness (QED) is 0.501. The Balaban J connectivity index is 1.74. The zero-order valence-electron chi connectivity index (χ0n) is 12.0. The van der Waals surface area contributed by atoms with E-state index >= 15 is 0 Å². The Kier molecular flexibility index (Phi) is 6.10. The molecule has 4 nitrogen and oxygen atoms in total. The van der Waals surface area contributed by atoms with Gasteiger partial charge in [0.2, 0.25) is 0 Å². The van der Waals surface area contributed by atoms with Crippen molar-refractivity contribution in [2.24, 2.45) is 0 Å². The van der Waals surface area contributed by atoms with Crippen LogP contribution in [0.4, 0.5) is 14.5 Å².